The van der Waals surface area contributed by atoms with E-state index in [1.54, 1.807) is 16.8 Å². The number of benzene rings is 2. The van der Waals surface area contributed by atoms with Gasteiger partial charge in [0.2, 0.25) is 5.95 Å². The van der Waals surface area contributed by atoms with Crippen molar-refractivity contribution in [2.45, 2.75) is 13.0 Å². The molecule has 0 fully saturated rings. The van der Waals surface area contributed by atoms with Crippen molar-refractivity contribution in [2.24, 2.45) is 0 Å². The Bertz CT molecular complexity index is 1260. The van der Waals surface area contributed by atoms with E-state index in [1.807, 2.05) is 55.5 Å². The van der Waals surface area contributed by atoms with E-state index in [2.05, 4.69) is 37.9 Å². The largest absolute Gasteiger partial charge is 0.368 e. The molecular formula is C21H17ClIN5O. The third-order valence-electron chi connectivity index (χ3n) is 4.60. The molecule has 8 heteroatoms. The molecule has 0 saturated heterocycles. The number of hydrogen-bond donors (Lipinski definition) is 2. The highest BCUT2D eigenvalue weighted by atomic mass is 127. The molecule has 0 saturated carbocycles. The average molecular weight is 518 g/mol. The lowest BCUT2D eigenvalue weighted by atomic mass is 10.1. The summed E-state index contributed by atoms with van der Waals surface area (Å²) in [5, 5.41) is 5.07. The van der Waals surface area contributed by atoms with Crippen LogP contribution in [0.25, 0.3) is 16.5 Å². The minimum atomic E-state index is -0.242. The van der Waals surface area contributed by atoms with Gasteiger partial charge in [-0.3, -0.25) is 9.36 Å². The lowest BCUT2D eigenvalue weighted by molar-refractivity contribution is 0.772. The molecule has 0 amide bonds. The highest BCUT2D eigenvalue weighted by molar-refractivity contribution is 14.1. The quantitative estimate of drug-likeness (QED) is 0.380. The number of aromatic nitrogens is 3. The van der Waals surface area contributed by atoms with Gasteiger partial charge in [0.1, 0.15) is 5.82 Å². The Hall–Kier alpha value is -2.65. The Kier molecular flexibility index (Phi) is 5.42. The normalized spacial score (nSPS) is 12.1. The van der Waals surface area contributed by atoms with Gasteiger partial charge in [0.15, 0.2) is 0 Å². The summed E-state index contributed by atoms with van der Waals surface area (Å²) < 4.78 is 2.52. The number of nitrogens with one attached hydrogen (secondary N) is 1. The van der Waals surface area contributed by atoms with E-state index < -0.39 is 0 Å². The van der Waals surface area contributed by atoms with Gasteiger partial charge >= 0.3 is 0 Å². The summed E-state index contributed by atoms with van der Waals surface area (Å²) in [6.07, 6.45) is 1.66. The Balaban J connectivity index is 1.93. The number of hydrogen-bond acceptors (Lipinski definition) is 5. The molecule has 1 atom stereocenters. The Morgan fingerprint density at radius 1 is 1.17 bits per heavy atom. The third kappa shape index (κ3) is 3.79. The molecule has 0 unspecified atom stereocenters. The first-order valence-corrected chi connectivity index (χ1v) is 10.4. The molecule has 0 aliphatic carbocycles. The number of nitrogens with zero attached hydrogens (tertiary/aromatic N) is 3. The second kappa shape index (κ2) is 8.00. The number of para-hydroxylation sites is 1. The van der Waals surface area contributed by atoms with E-state index in [0.717, 1.165) is 20.3 Å². The third-order valence-corrected chi connectivity index (χ3v) is 5.70. The van der Waals surface area contributed by atoms with E-state index in [1.165, 1.54) is 0 Å². The van der Waals surface area contributed by atoms with Crippen molar-refractivity contribution in [1.29, 1.82) is 0 Å². The van der Waals surface area contributed by atoms with Gasteiger partial charge in [-0.2, -0.15) is 4.98 Å². The predicted molar refractivity (Wildman–Crippen MR) is 126 cm³/mol. The molecule has 0 radical (unpaired) electrons. The lowest BCUT2D eigenvalue weighted by Gasteiger charge is -2.22. The summed E-state index contributed by atoms with van der Waals surface area (Å²) in [5.41, 5.74) is 7.12. The van der Waals surface area contributed by atoms with Crippen molar-refractivity contribution in [3.05, 3.63) is 85.4 Å². The molecule has 29 heavy (non-hydrogen) atoms. The van der Waals surface area contributed by atoms with Crippen molar-refractivity contribution in [1.82, 2.24) is 14.5 Å². The molecule has 2 heterocycles. The zero-order valence-electron chi connectivity index (χ0n) is 15.4. The first-order valence-electron chi connectivity index (χ1n) is 8.90. The molecule has 6 nitrogen and oxygen atoms in total. The van der Waals surface area contributed by atoms with Crippen molar-refractivity contribution in [3.63, 3.8) is 0 Å². The minimum Gasteiger partial charge on any atom is -0.368 e. The zero-order chi connectivity index (χ0) is 20.5. The van der Waals surface area contributed by atoms with Gasteiger partial charge in [0.25, 0.3) is 5.56 Å². The molecule has 0 aliphatic rings. The van der Waals surface area contributed by atoms with Crippen molar-refractivity contribution in [2.75, 3.05) is 11.1 Å². The topological polar surface area (TPSA) is 85.8 Å². The molecule has 3 N–H and O–H groups in total. The maximum absolute atomic E-state index is 13.5. The summed E-state index contributed by atoms with van der Waals surface area (Å²) in [4.78, 5) is 21.7. The average Bonchev–Trinajstić information content (AvgIpc) is 2.71. The summed E-state index contributed by atoms with van der Waals surface area (Å²) in [7, 11) is 0. The second-order valence-corrected chi connectivity index (χ2v) is 8.11. The molecular weight excluding hydrogens is 501 g/mol. The maximum Gasteiger partial charge on any atom is 0.264 e. The van der Waals surface area contributed by atoms with Crippen LogP contribution in [0.3, 0.4) is 0 Å². The van der Waals surface area contributed by atoms with E-state index >= 15 is 0 Å². The Morgan fingerprint density at radius 3 is 2.69 bits per heavy atom. The molecule has 0 bridgehead atoms. The molecule has 2 aromatic carbocycles. The van der Waals surface area contributed by atoms with Crippen molar-refractivity contribution >= 4 is 56.7 Å². The zero-order valence-corrected chi connectivity index (χ0v) is 18.3. The first kappa shape index (κ1) is 19.7. The highest BCUT2D eigenvalue weighted by Gasteiger charge is 2.19. The molecule has 2 aromatic heterocycles. The number of nitrogens with two attached hydrogens (primary N) is 1. The van der Waals surface area contributed by atoms with Crippen molar-refractivity contribution < 1.29 is 0 Å². The van der Waals surface area contributed by atoms with Crippen LogP contribution >= 0.6 is 34.2 Å². The summed E-state index contributed by atoms with van der Waals surface area (Å²) in [6, 6.07) is 16.7. The number of anilines is 2. The monoisotopic (exact) mass is 517 g/mol. The fourth-order valence-corrected chi connectivity index (χ4v) is 3.94. The van der Waals surface area contributed by atoms with Crippen LogP contribution in [-0.4, -0.2) is 14.5 Å². The minimum absolute atomic E-state index is 0.167. The summed E-state index contributed by atoms with van der Waals surface area (Å²) in [6.45, 7) is 1.97. The second-order valence-electron chi connectivity index (χ2n) is 6.54. The summed E-state index contributed by atoms with van der Waals surface area (Å²) >= 11 is 8.51. The van der Waals surface area contributed by atoms with E-state index in [0.29, 0.717) is 16.2 Å². The van der Waals surface area contributed by atoms with Crippen LogP contribution < -0.4 is 16.6 Å². The molecule has 0 aliphatic heterocycles. The number of rotatable bonds is 4. The SMILES string of the molecule is C[C@H](Nc1nc(N)ncc1I)c1cc2cccc(Cl)c2c(=O)n1-c1ccccc1. The van der Waals surface area contributed by atoms with Gasteiger partial charge < -0.3 is 11.1 Å². The fraction of sp³-hybridized carbons (Fsp3) is 0.0952. The fourth-order valence-electron chi connectivity index (χ4n) is 3.26. The predicted octanol–water partition coefficient (Wildman–Crippen LogP) is 4.79. The number of pyridine rings is 1. The smallest absolute Gasteiger partial charge is 0.264 e. The van der Waals surface area contributed by atoms with Crippen LogP contribution in [0, 0.1) is 3.57 Å². The molecule has 146 valence electrons. The first-order chi connectivity index (χ1) is 14.0. The Labute approximate surface area is 185 Å². The van der Waals surface area contributed by atoms with Crippen LogP contribution in [0.1, 0.15) is 18.7 Å². The van der Waals surface area contributed by atoms with Gasteiger partial charge in [0.05, 0.1) is 20.0 Å². The lowest BCUT2D eigenvalue weighted by Crippen LogP contribution is -2.26. The van der Waals surface area contributed by atoms with Gasteiger partial charge in [0, 0.05) is 17.6 Å². The van der Waals surface area contributed by atoms with Crippen LogP contribution in [-0.2, 0) is 0 Å². The standard InChI is InChI=1S/C21H17ClIN5O/c1-12(26-19-16(23)11-25-21(24)27-19)17-10-13-6-5-9-15(22)18(13)20(29)28(17)14-7-3-2-4-8-14/h2-12H,1H3,(H3,24,25,26,27)/t12-/m0/s1. The van der Waals surface area contributed by atoms with Gasteiger partial charge in [-0.05, 0) is 59.2 Å². The van der Waals surface area contributed by atoms with Gasteiger partial charge in [-0.1, -0.05) is 41.9 Å². The summed E-state index contributed by atoms with van der Waals surface area (Å²) in [5.74, 6) is 0.801. The van der Waals surface area contributed by atoms with Crippen LogP contribution in [0.2, 0.25) is 5.02 Å². The number of nitrogen functional groups attached to an aromatic ring is 1. The maximum atomic E-state index is 13.5. The highest BCUT2D eigenvalue weighted by Crippen LogP contribution is 2.28. The van der Waals surface area contributed by atoms with E-state index in [9.17, 15) is 4.79 Å². The van der Waals surface area contributed by atoms with E-state index in [4.69, 9.17) is 17.3 Å². The van der Waals surface area contributed by atoms with Gasteiger partial charge in [-0.15, -0.1) is 0 Å². The van der Waals surface area contributed by atoms with Crippen LogP contribution in [0.15, 0.2) is 65.6 Å². The van der Waals surface area contributed by atoms with Crippen LogP contribution in [0.4, 0.5) is 11.8 Å². The van der Waals surface area contributed by atoms with Gasteiger partial charge in [-0.25, -0.2) is 4.98 Å². The van der Waals surface area contributed by atoms with E-state index in [-0.39, 0.29) is 17.5 Å². The molecule has 4 rings (SSSR count). The molecule has 4 aromatic rings. The molecule has 0 spiro atoms. The Morgan fingerprint density at radius 2 is 1.93 bits per heavy atom. The number of fused-ring (bicyclic) bond motifs is 1. The van der Waals surface area contributed by atoms with Crippen LogP contribution in [0.5, 0.6) is 0 Å². The van der Waals surface area contributed by atoms with Crippen molar-refractivity contribution in [3.8, 4) is 5.69 Å². The number of halogens is 2.